The lowest BCUT2D eigenvalue weighted by molar-refractivity contribution is -0.124. The van der Waals surface area contributed by atoms with Crippen molar-refractivity contribution in [3.63, 3.8) is 0 Å². The molecule has 2 rings (SSSR count). The van der Waals surface area contributed by atoms with Crippen molar-refractivity contribution < 1.29 is 9.90 Å². The largest absolute Gasteiger partial charge is 0.394 e. The molecule has 18 heavy (non-hydrogen) atoms. The van der Waals surface area contributed by atoms with Crippen molar-refractivity contribution in [2.45, 2.75) is 25.4 Å². The first-order chi connectivity index (χ1) is 8.72. The second kappa shape index (κ2) is 5.98. The molecule has 4 nitrogen and oxygen atoms in total. The lowest BCUT2D eigenvalue weighted by Crippen LogP contribution is -2.45. The molecule has 0 aliphatic carbocycles. The Balaban J connectivity index is 2.00. The van der Waals surface area contributed by atoms with E-state index in [4.69, 9.17) is 0 Å². The fraction of sp³-hybridized carbons (Fsp3) is 0.500. The smallest absolute Gasteiger partial charge is 0.237 e. The topological polar surface area (TPSA) is 61.4 Å². The number of carbonyl (C=O) groups excluding carboxylic acids is 1. The second-order valence-electron chi connectivity index (χ2n) is 4.85. The molecule has 0 saturated carbocycles. The van der Waals surface area contributed by atoms with Crippen molar-refractivity contribution in [2.75, 3.05) is 13.2 Å². The van der Waals surface area contributed by atoms with Crippen LogP contribution in [0.5, 0.6) is 0 Å². The number of hydrogen-bond donors (Lipinski definition) is 3. The van der Waals surface area contributed by atoms with E-state index in [9.17, 15) is 9.90 Å². The molecule has 0 aromatic heterocycles. The normalized spacial score (nSPS) is 24.8. The van der Waals surface area contributed by atoms with Crippen LogP contribution in [0.15, 0.2) is 30.3 Å². The number of hydrogen-bond acceptors (Lipinski definition) is 3. The summed E-state index contributed by atoms with van der Waals surface area (Å²) in [5.74, 6) is 0.322. The Bertz CT molecular complexity index is 394. The minimum absolute atomic E-state index is 0.0251. The van der Waals surface area contributed by atoms with E-state index in [0.29, 0.717) is 5.92 Å². The van der Waals surface area contributed by atoms with Crippen LogP contribution in [-0.4, -0.2) is 30.2 Å². The Hall–Kier alpha value is -1.39. The van der Waals surface area contributed by atoms with Gasteiger partial charge < -0.3 is 15.7 Å². The fourth-order valence-electron chi connectivity index (χ4n) is 2.37. The first-order valence-corrected chi connectivity index (χ1v) is 6.42. The van der Waals surface area contributed by atoms with E-state index in [1.165, 1.54) is 0 Å². The highest BCUT2D eigenvalue weighted by Crippen LogP contribution is 2.17. The van der Waals surface area contributed by atoms with Crippen molar-refractivity contribution in [3.8, 4) is 0 Å². The highest BCUT2D eigenvalue weighted by atomic mass is 16.3. The minimum atomic E-state index is -0.326. The zero-order valence-corrected chi connectivity index (χ0v) is 10.6. The zero-order valence-electron chi connectivity index (χ0n) is 10.6. The van der Waals surface area contributed by atoms with E-state index in [1.807, 2.05) is 30.3 Å². The number of aliphatic hydroxyl groups excluding tert-OH is 1. The number of benzene rings is 1. The Morgan fingerprint density at radius 2 is 2.22 bits per heavy atom. The summed E-state index contributed by atoms with van der Waals surface area (Å²) in [7, 11) is 0. The fourth-order valence-corrected chi connectivity index (χ4v) is 2.37. The van der Waals surface area contributed by atoms with Gasteiger partial charge in [0, 0.05) is 0 Å². The van der Waals surface area contributed by atoms with Gasteiger partial charge in [-0.1, -0.05) is 37.3 Å². The molecule has 98 valence electrons. The third-order valence-electron chi connectivity index (χ3n) is 3.52. The average molecular weight is 248 g/mol. The zero-order chi connectivity index (χ0) is 13.0. The summed E-state index contributed by atoms with van der Waals surface area (Å²) in [6, 6.07) is 9.08. The number of aliphatic hydroxyl groups is 1. The third-order valence-corrected chi connectivity index (χ3v) is 3.52. The van der Waals surface area contributed by atoms with E-state index in [-0.39, 0.29) is 24.6 Å². The SMILES string of the molecule is CC1CCNC1C(=O)N[C@@H](CO)c1ccccc1. The number of nitrogens with one attached hydrogen (secondary N) is 2. The minimum Gasteiger partial charge on any atom is -0.394 e. The lowest BCUT2D eigenvalue weighted by atomic mass is 10.0. The van der Waals surface area contributed by atoms with Crippen LogP contribution in [0.25, 0.3) is 0 Å². The number of rotatable bonds is 4. The molecule has 1 aliphatic heterocycles. The van der Waals surface area contributed by atoms with Crippen LogP contribution in [0.1, 0.15) is 24.9 Å². The maximum Gasteiger partial charge on any atom is 0.237 e. The maximum atomic E-state index is 12.1. The van der Waals surface area contributed by atoms with Crippen LogP contribution in [0.4, 0.5) is 0 Å². The molecular weight excluding hydrogens is 228 g/mol. The van der Waals surface area contributed by atoms with Gasteiger partial charge in [-0.25, -0.2) is 0 Å². The molecule has 1 aliphatic rings. The quantitative estimate of drug-likeness (QED) is 0.740. The Kier molecular flexibility index (Phi) is 4.33. The molecule has 0 bridgehead atoms. The summed E-state index contributed by atoms with van der Waals surface area (Å²) < 4.78 is 0. The van der Waals surface area contributed by atoms with Gasteiger partial charge in [-0.05, 0) is 24.4 Å². The lowest BCUT2D eigenvalue weighted by Gasteiger charge is -2.21. The van der Waals surface area contributed by atoms with Crippen molar-refractivity contribution in [1.82, 2.24) is 10.6 Å². The monoisotopic (exact) mass is 248 g/mol. The summed E-state index contributed by atoms with van der Waals surface area (Å²) in [5.41, 5.74) is 0.930. The molecule has 0 radical (unpaired) electrons. The van der Waals surface area contributed by atoms with E-state index in [0.717, 1.165) is 18.5 Å². The van der Waals surface area contributed by atoms with E-state index in [2.05, 4.69) is 17.6 Å². The standard InChI is InChI=1S/C14H20N2O2/c1-10-7-8-15-13(10)14(18)16-12(9-17)11-5-3-2-4-6-11/h2-6,10,12-13,15,17H,7-9H2,1H3,(H,16,18)/t10?,12-,13?/m0/s1. The van der Waals surface area contributed by atoms with Crippen LogP contribution >= 0.6 is 0 Å². The Morgan fingerprint density at radius 3 is 2.78 bits per heavy atom. The maximum absolute atomic E-state index is 12.1. The van der Waals surface area contributed by atoms with Crippen molar-refractivity contribution in [2.24, 2.45) is 5.92 Å². The molecule has 1 fully saturated rings. The Labute approximate surface area is 107 Å². The van der Waals surface area contributed by atoms with Gasteiger partial charge in [0.2, 0.25) is 5.91 Å². The van der Waals surface area contributed by atoms with Gasteiger partial charge in [0.25, 0.3) is 0 Å². The average Bonchev–Trinajstić information content (AvgIpc) is 2.83. The van der Waals surface area contributed by atoms with Crippen LogP contribution in [-0.2, 0) is 4.79 Å². The predicted molar refractivity (Wildman–Crippen MR) is 70.0 cm³/mol. The van der Waals surface area contributed by atoms with E-state index in [1.54, 1.807) is 0 Å². The van der Waals surface area contributed by atoms with Gasteiger partial charge in [0.1, 0.15) is 0 Å². The highest BCUT2D eigenvalue weighted by Gasteiger charge is 2.30. The summed E-state index contributed by atoms with van der Waals surface area (Å²) in [4.78, 5) is 12.1. The number of carbonyl (C=O) groups is 1. The molecule has 1 amide bonds. The Morgan fingerprint density at radius 1 is 1.50 bits per heavy atom. The molecule has 1 aromatic carbocycles. The molecule has 1 heterocycles. The molecular formula is C14H20N2O2. The van der Waals surface area contributed by atoms with Crippen molar-refractivity contribution >= 4 is 5.91 Å². The summed E-state index contributed by atoms with van der Waals surface area (Å²) in [6.07, 6.45) is 1.02. The summed E-state index contributed by atoms with van der Waals surface area (Å²) >= 11 is 0. The van der Waals surface area contributed by atoms with E-state index < -0.39 is 0 Å². The molecule has 0 spiro atoms. The third kappa shape index (κ3) is 2.89. The van der Waals surface area contributed by atoms with Crippen LogP contribution in [0.3, 0.4) is 0 Å². The molecule has 3 N–H and O–H groups in total. The van der Waals surface area contributed by atoms with Crippen LogP contribution in [0.2, 0.25) is 0 Å². The van der Waals surface area contributed by atoms with Gasteiger partial charge >= 0.3 is 0 Å². The molecule has 1 saturated heterocycles. The van der Waals surface area contributed by atoms with Crippen molar-refractivity contribution in [1.29, 1.82) is 0 Å². The summed E-state index contributed by atoms with van der Waals surface area (Å²) in [6.45, 7) is 2.87. The van der Waals surface area contributed by atoms with Gasteiger partial charge in [-0.15, -0.1) is 0 Å². The van der Waals surface area contributed by atoms with Crippen molar-refractivity contribution in [3.05, 3.63) is 35.9 Å². The van der Waals surface area contributed by atoms with Gasteiger partial charge in [0.05, 0.1) is 18.7 Å². The first-order valence-electron chi connectivity index (χ1n) is 6.42. The van der Waals surface area contributed by atoms with Gasteiger partial charge in [-0.3, -0.25) is 4.79 Å². The second-order valence-corrected chi connectivity index (χ2v) is 4.85. The number of amides is 1. The molecule has 3 atom stereocenters. The van der Waals surface area contributed by atoms with Crippen LogP contribution in [0, 0.1) is 5.92 Å². The van der Waals surface area contributed by atoms with Gasteiger partial charge in [-0.2, -0.15) is 0 Å². The van der Waals surface area contributed by atoms with Crippen LogP contribution < -0.4 is 10.6 Å². The molecule has 4 heteroatoms. The molecule has 2 unspecified atom stereocenters. The first kappa shape index (κ1) is 13.1. The predicted octanol–water partition coefficient (Wildman–Crippen LogP) is 0.834. The highest BCUT2D eigenvalue weighted by molar-refractivity contribution is 5.82. The summed E-state index contributed by atoms with van der Waals surface area (Å²) in [5, 5.41) is 15.5. The molecule has 1 aromatic rings. The van der Waals surface area contributed by atoms with Gasteiger partial charge in [0.15, 0.2) is 0 Å². The van der Waals surface area contributed by atoms with E-state index >= 15 is 0 Å².